The number of aromatic nitrogens is 2. The van der Waals surface area contributed by atoms with Gasteiger partial charge < -0.3 is 14.8 Å². The lowest BCUT2D eigenvalue weighted by Gasteiger charge is -2.17. The molecule has 0 saturated heterocycles. The number of thiophene rings is 1. The number of hydrogen-bond donors (Lipinski definition) is 1. The number of nitrogens with zero attached hydrogens (tertiary/aromatic N) is 2. The zero-order valence-electron chi connectivity index (χ0n) is 18.1. The Morgan fingerprint density at radius 2 is 2.10 bits per heavy atom. The van der Waals surface area contributed by atoms with Crippen molar-refractivity contribution in [2.45, 2.75) is 39.2 Å². The van der Waals surface area contributed by atoms with Crippen LogP contribution in [-0.4, -0.2) is 36.2 Å². The van der Waals surface area contributed by atoms with Gasteiger partial charge in [0.2, 0.25) is 5.91 Å². The van der Waals surface area contributed by atoms with Crippen LogP contribution in [0.1, 0.15) is 29.3 Å². The number of aryl methyl sites for hydroxylation is 1. The predicted octanol–water partition coefficient (Wildman–Crippen LogP) is 2.96. The molecule has 0 radical (unpaired) electrons. The lowest BCUT2D eigenvalue weighted by Crippen LogP contribution is -2.33. The highest BCUT2D eigenvalue weighted by Crippen LogP contribution is 2.35. The summed E-state index contributed by atoms with van der Waals surface area (Å²) in [4.78, 5) is 32.0. The molecule has 0 unspecified atom stereocenters. The van der Waals surface area contributed by atoms with Gasteiger partial charge in [0.1, 0.15) is 11.4 Å². The molecule has 8 heteroatoms. The first kappa shape index (κ1) is 21.4. The number of methoxy groups -OCH3 is 2. The summed E-state index contributed by atoms with van der Waals surface area (Å²) < 4.78 is 12.0. The Hall–Kier alpha value is -2.87. The Morgan fingerprint density at radius 1 is 1.29 bits per heavy atom. The molecule has 1 aliphatic rings. The minimum absolute atomic E-state index is 0.0330. The maximum absolute atomic E-state index is 13.0. The Kier molecular flexibility index (Phi) is 6.27. The van der Waals surface area contributed by atoms with Gasteiger partial charge in [0.15, 0.2) is 11.5 Å². The monoisotopic (exact) mass is 441 g/mol. The van der Waals surface area contributed by atoms with Gasteiger partial charge in [-0.1, -0.05) is 13.0 Å². The van der Waals surface area contributed by atoms with Crippen molar-refractivity contribution < 1.29 is 14.3 Å². The van der Waals surface area contributed by atoms with E-state index in [0.29, 0.717) is 35.8 Å². The number of fused-ring (bicyclic) bond motifs is 3. The third-order valence-corrected chi connectivity index (χ3v) is 6.94. The molecular weight excluding hydrogens is 414 g/mol. The number of nitrogens with one attached hydrogen (secondary N) is 1. The smallest absolute Gasteiger partial charge is 0.262 e. The molecule has 0 aliphatic heterocycles. The second-order valence-electron chi connectivity index (χ2n) is 8.00. The van der Waals surface area contributed by atoms with Crippen LogP contribution in [0.3, 0.4) is 0 Å². The molecule has 0 fully saturated rings. The van der Waals surface area contributed by atoms with E-state index >= 15 is 0 Å². The molecule has 3 aromatic rings. The third-order valence-electron chi connectivity index (χ3n) is 5.78. The maximum Gasteiger partial charge on any atom is 0.262 e. The number of amides is 1. The lowest BCUT2D eigenvalue weighted by atomic mass is 9.89. The molecule has 2 heterocycles. The molecule has 31 heavy (non-hydrogen) atoms. The Morgan fingerprint density at radius 3 is 2.87 bits per heavy atom. The zero-order valence-corrected chi connectivity index (χ0v) is 18.9. The average molecular weight is 442 g/mol. The molecule has 0 bridgehead atoms. The van der Waals surface area contributed by atoms with E-state index in [2.05, 4.69) is 17.2 Å². The molecule has 0 spiro atoms. The third kappa shape index (κ3) is 4.44. The molecule has 1 aromatic carbocycles. The van der Waals surface area contributed by atoms with Crippen molar-refractivity contribution in [3.63, 3.8) is 0 Å². The second kappa shape index (κ2) is 9.09. The highest BCUT2D eigenvalue weighted by atomic mass is 32.1. The molecule has 4 rings (SSSR count). The Balaban J connectivity index is 1.41. The van der Waals surface area contributed by atoms with E-state index in [1.54, 1.807) is 25.6 Å². The minimum Gasteiger partial charge on any atom is -0.493 e. The van der Waals surface area contributed by atoms with Gasteiger partial charge in [0.25, 0.3) is 5.56 Å². The number of benzene rings is 1. The van der Waals surface area contributed by atoms with E-state index in [1.807, 2.05) is 18.2 Å². The summed E-state index contributed by atoms with van der Waals surface area (Å²) in [7, 11) is 3.19. The van der Waals surface area contributed by atoms with Gasteiger partial charge in [0, 0.05) is 11.4 Å². The first-order valence-corrected chi connectivity index (χ1v) is 11.3. The van der Waals surface area contributed by atoms with E-state index in [4.69, 9.17) is 9.47 Å². The van der Waals surface area contributed by atoms with Gasteiger partial charge >= 0.3 is 0 Å². The molecule has 164 valence electrons. The molecule has 1 aliphatic carbocycles. The number of carbonyl (C=O) groups excluding carboxylic acids is 1. The molecule has 2 aromatic heterocycles. The normalized spacial score (nSPS) is 15.5. The zero-order chi connectivity index (χ0) is 22.0. The van der Waals surface area contributed by atoms with E-state index in [-0.39, 0.29) is 18.0 Å². The first-order chi connectivity index (χ1) is 15.0. The summed E-state index contributed by atoms with van der Waals surface area (Å²) in [6.45, 7) is 2.67. The quantitative estimate of drug-likeness (QED) is 0.610. The number of rotatable bonds is 7. The topological polar surface area (TPSA) is 82.5 Å². The standard InChI is InChI=1S/C23H27N3O4S/c1-14-4-6-16-19(10-14)31-22-21(16)23(28)26(13-25-22)12-20(27)24-9-8-15-5-7-17(29-2)18(11-15)30-3/h5,7,11,13-14H,4,6,8-10,12H2,1-3H3,(H,24,27)/t14-/m1/s1. The maximum atomic E-state index is 13.0. The summed E-state index contributed by atoms with van der Waals surface area (Å²) in [5.41, 5.74) is 2.04. The highest BCUT2D eigenvalue weighted by molar-refractivity contribution is 7.18. The van der Waals surface area contributed by atoms with Gasteiger partial charge in [0.05, 0.1) is 25.9 Å². The minimum atomic E-state index is -0.207. The first-order valence-electron chi connectivity index (χ1n) is 10.5. The van der Waals surface area contributed by atoms with Crippen LogP contribution in [0.15, 0.2) is 29.3 Å². The van der Waals surface area contributed by atoms with E-state index < -0.39 is 0 Å². The molecule has 1 N–H and O–H groups in total. The van der Waals surface area contributed by atoms with Crippen LogP contribution < -0.4 is 20.3 Å². The fraction of sp³-hybridized carbons (Fsp3) is 0.435. The van der Waals surface area contributed by atoms with Crippen LogP contribution in [0.5, 0.6) is 11.5 Å². The van der Waals surface area contributed by atoms with Gasteiger partial charge in [-0.2, -0.15) is 0 Å². The average Bonchev–Trinajstić information content (AvgIpc) is 3.13. The fourth-order valence-electron chi connectivity index (χ4n) is 4.07. The van der Waals surface area contributed by atoms with Crippen LogP contribution in [0.4, 0.5) is 0 Å². The van der Waals surface area contributed by atoms with Crippen LogP contribution in [-0.2, 0) is 30.6 Å². The summed E-state index contributed by atoms with van der Waals surface area (Å²) in [5, 5.41) is 3.59. The van der Waals surface area contributed by atoms with E-state index in [0.717, 1.165) is 35.2 Å². The van der Waals surface area contributed by atoms with Crippen LogP contribution in [0, 0.1) is 5.92 Å². The van der Waals surface area contributed by atoms with Crippen molar-refractivity contribution in [2.24, 2.45) is 5.92 Å². The molecule has 1 atom stereocenters. The van der Waals surface area contributed by atoms with E-state index in [1.165, 1.54) is 15.8 Å². The lowest BCUT2D eigenvalue weighted by molar-refractivity contribution is -0.121. The van der Waals surface area contributed by atoms with Gasteiger partial charge in [-0.05, 0) is 54.9 Å². The Labute approximate surface area is 185 Å². The molecule has 0 saturated carbocycles. The Bertz CT molecular complexity index is 1170. The summed E-state index contributed by atoms with van der Waals surface area (Å²) in [5.74, 6) is 1.76. The predicted molar refractivity (Wildman–Crippen MR) is 121 cm³/mol. The number of ether oxygens (including phenoxy) is 2. The SMILES string of the molecule is COc1ccc(CCNC(=O)Cn2cnc3sc4c(c3c2=O)CC[C@@H](C)C4)cc1OC. The molecular formula is C23H27N3O4S. The van der Waals surface area contributed by atoms with Crippen molar-refractivity contribution >= 4 is 27.5 Å². The summed E-state index contributed by atoms with van der Waals surface area (Å²) in [6, 6.07) is 5.68. The van der Waals surface area contributed by atoms with Crippen molar-refractivity contribution in [3.05, 3.63) is 50.9 Å². The largest absolute Gasteiger partial charge is 0.493 e. The molecule has 7 nitrogen and oxygen atoms in total. The van der Waals surface area contributed by atoms with Crippen LogP contribution in [0.2, 0.25) is 0 Å². The van der Waals surface area contributed by atoms with Crippen LogP contribution >= 0.6 is 11.3 Å². The molecule has 1 amide bonds. The van der Waals surface area contributed by atoms with Gasteiger partial charge in [-0.15, -0.1) is 11.3 Å². The summed E-state index contributed by atoms with van der Waals surface area (Å²) in [6.07, 6.45) is 5.14. The van der Waals surface area contributed by atoms with E-state index in [9.17, 15) is 9.59 Å². The number of carbonyl (C=O) groups is 1. The fourth-order valence-corrected chi connectivity index (χ4v) is 5.41. The van der Waals surface area contributed by atoms with Crippen LogP contribution in [0.25, 0.3) is 10.2 Å². The number of hydrogen-bond acceptors (Lipinski definition) is 6. The van der Waals surface area contributed by atoms with Gasteiger partial charge in [-0.25, -0.2) is 4.98 Å². The second-order valence-corrected chi connectivity index (χ2v) is 9.08. The highest BCUT2D eigenvalue weighted by Gasteiger charge is 2.23. The van der Waals surface area contributed by atoms with Crippen molar-refractivity contribution in [1.29, 1.82) is 0 Å². The van der Waals surface area contributed by atoms with Crippen molar-refractivity contribution in [2.75, 3.05) is 20.8 Å². The summed E-state index contributed by atoms with van der Waals surface area (Å²) >= 11 is 1.62. The van der Waals surface area contributed by atoms with Gasteiger partial charge in [-0.3, -0.25) is 14.2 Å². The van der Waals surface area contributed by atoms with Crippen molar-refractivity contribution in [3.8, 4) is 11.5 Å². The van der Waals surface area contributed by atoms with Crippen molar-refractivity contribution in [1.82, 2.24) is 14.9 Å².